The number of sulfone groups is 1. The van der Waals surface area contributed by atoms with Gasteiger partial charge < -0.3 is 4.74 Å². The molecular formula is C25H30N2O4S2. The molecular weight excluding hydrogens is 456 g/mol. The van der Waals surface area contributed by atoms with Crippen LogP contribution in [0.3, 0.4) is 0 Å². The van der Waals surface area contributed by atoms with Gasteiger partial charge in [-0.05, 0) is 48.9 Å². The monoisotopic (exact) mass is 486 g/mol. The van der Waals surface area contributed by atoms with Crippen molar-refractivity contribution in [3.05, 3.63) is 54.1 Å². The zero-order valence-corrected chi connectivity index (χ0v) is 20.7. The van der Waals surface area contributed by atoms with E-state index in [2.05, 4.69) is 19.9 Å². The van der Waals surface area contributed by atoms with Gasteiger partial charge in [-0.1, -0.05) is 55.5 Å². The molecule has 2 aromatic carbocycles. The van der Waals surface area contributed by atoms with Crippen LogP contribution in [0.15, 0.2) is 53.4 Å². The standard InChI is InChI=1S/C25H30N2O4S2/c1-18(2)21-12-6-13-22-24(21)26-25(32-22)27(17-19-9-7-15-31-19)23(28)14-8-16-33(29,30)20-10-4-3-5-11-20/h3-6,10-13,18-19H,7-9,14-17H2,1-2H3. The van der Waals surface area contributed by atoms with Gasteiger partial charge in [0.15, 0.2) is 15.0 Å². The number of para-hydroxylation sites is 1. The van der Waals surface area contributed by atoms with Crippen molar-refractivity contribution < 1.29 is 17.9 Å². The first-order valence-electron chi connectivity index (χ1n) is 11.4. The van der Waals surface area contributed by atoms with Gasteiger partial charge >= 0.3 is 0 Å². The van der Waals surface area contributed by atoms with Crippen LogP contribution in [0, 0.1) is 0 Å². The average molecular weight is 487 g/mol. The Labute approximate surface area is 199 Å². The molecule has 2 heterocycles. The molecule has 6 nitrogen and oxygen atoms in total. The molecule has 0 spiro atoms. The fraction of sp³-hybridized carbons (Fsp3) is 0.440. The number of hydrogen-bond donors (Lipinski definition) is 0. The smallest absolute Gasteiger partial charge is 0.228 e. The normalized spacial score (nSPS) is 16.5. The molecule has 0 saturated carbocycles. The summed E-state index contributed by atoms with van der Waals surface area (Å²) in [6.45, 7) is 5.42. The molecule has 3 aromatic rings. The van der Waals surface area contributed by atoms with Gasteiger partial charge in [0, 0.05) is 13.0 Å². The summed E-state index contributed by atoms with van der Waals surface area (Å²) in [4.78, 5) is 20.1. The topological polar surface area (TPSA) is 76.6 Å². The molecule has 33 heavy (non-hydrogen) atoms. The predicted octanol–water partition coefficient (Wildman–Crippen LogP) is 5.19. The number of carbonyl (C=O) groups excluding carboxylic acids is 1. The largest absolute Gasteiger partial charge is 0.376 e. The fourth-order valence-electron chi connectivity index (χ4n) is 4.11. The van der Waals surface area contributed by atoms with Crippen LogP contribution in [-0.4, -0.2) is 44.3 Å². The summed E-state index contributed by atoms with van der Waals surface area (Å²) in [7, 11) is -3.41. The van der Waals surface area contributed by atoms with E-state index in [0.29, 0.717) is 29.1 Å². The van der Waals surface area contributed by atoms with Crippen molar-refractivity contribution in [3.63, 3.8) is 0 Å². The van der Waals surface area contributed by atoms with E-state index >= 15 is 0 Å². The quantitative estimate of drug-likeness (QED) is 0.416. The van der Waals surface area contributed by atoms with Gasteiger partial charge in [-0.2, -0.15) is 0 Å². The highest BCUT2D eigenvalue weighted by Crippen LogP contribution is 2.34. The Hall–Kier alpha value is -2.29. The third kappa shape index (κ3) is 5.62. The molecule has 0 radical (unpaired) electrons. The summed E-state index contributed by atoms with van der Waals surface area (Å²) in [5, 5.41) is 0.657. The van der Waals surface area contributed by atoms with Gasteiger partial charge in [-0.3, -0.25) is 9.69 Å². The van der Waals surface area contributed by atoms with Crippen LogP contribution < -0.4 is 4.90 Å². The maximum Gasteiger partial charge on any atom is 0.228 e. The lowest BCUT2D eigenvalue weighted by molar-refractivity contribution is -0.119. The zero-order valence-electron chi connectivity index (χ0n) is 19.1. The van der Waals surface area contributed by atoms with Gasteiger partial charge in [-0.15, -0.1) is 0 Å². The lowest BCUT2D eigenvalue weighted by atomic mass is 10.0. The molecule has 1 aromatic heterocycles. The number of hydrogen-bond acceptors (Lipinski definition) is 6. The number of benzene rings is 2. The number of aromatic nitrogens is 1. The van der Waals surface area contributed by atoms with Gasteiger partial charge in [0.1, 0.15) is 0 Å². The Morgan fingerprint density at radius 1 is 1.18 bits per heavy atom. The number of thiazole rings is 1. The number of anilines is 1. The number of fused-ring (bicyclic) bond motifs is 1. The molecule has 0 aliphatic carbocycles. The van der Waals surface area contributed by atoms with Crippen molar-refractivity contribution in [2.24, 2.45) is 0 Å². The second-order valence-electron chi connectivity index (χ2n) is 8.72. The van der Waals surface area contributed by atoms with Crippen LogP contribution in [0.2, 0.25) is 0 Å². The Kier molecular flexibility index (Phi) is 7.46. The summed E-state index contributed by atoms with van der Waals surface area (Å²) in [6.07, 6.45) is 2.29. The van der Waals surface area contributed by atoms with Crippen molar-refractivity contribution in [2.75, 3.05) is 23.8 Å². The van der Waals surface area contributed by atoms with Crippen molar-refractivity contribution in [1.29, 1.82) is 0 Å². The zero-order chi connectivity index (χ0) is 23.4. The minimum absolute atomic E-state index is 0.0152. The molecule has 1 unspecified atom stereocenters. The van der Waals surface area contributed by atoms with Gasteiger partial charge in [-0.25, -0.2) is 13.4 Å². The number of nitrogens with zero attached hydrogens (tertiary/aromatic N) is 2. The summed E-state index contributed by atoms with van der Waals surface area (Å²) in [5.74, 6) is 0.154. The van der Waals surface area contributed by atoms with Crippen LogP contribution in [-0.2, 0) is 19.4 Å². The van der Waals surface area contributed by atoms with Crippen LogP contribution in [0.5, 0.6) is 0 Å². The van der Waals surface area contributed by atoms with E-state index in [0.717, 1.165) is 28.6 Å². The van der Waals surface area contributed by atoms with Crippen LogP contribution in [0.4, 0.5) is 5.13 Å². The minimum atomic E-state index is -3.41. The van der Waals surface area contributed by atoms with Gasteiger partial charge in [0.05, 0.1) is 33.5 Å². The van der Waals surface area contributed by atoms with Crippen molar-refractivity contribution in [2.45, 2.75) is 56.4 Å². The SMILES string of the molecule is CC(C)c1cccc2sc(N(CC3CCCO3)C(=O)CCCS(=O)(=O)c3ccccc3)nc12. The summed E-state index contributed by atoms with van der Waals surface area (Å²) >= 11 is 1.50. The number of rotatable bonds is 9. The number of amides is 1. The van der Waals surface area contributed by atoms with E-state index < -0.39 is 9.84 Å². The minimum Gasteiger partial charge on any atom is -0.376 e. The Bertz CT molecular complexity index is 1200. The number of ether oxygens (including phenoxy) is 1. The van der Waals surface area contributed by atoms with Crippen molar-refractivity contribution in [3.8, 4) is 0 Å². The van der Waals surface area contributed by atoms with Crippen LogP contribution in [0.1, 0.15) is 51.0 Å². The van der Waals surface area contributed by atoms with E-state index in [9.17, 15) is 13.2 Å². The third-order valence-corrected chi connectivity index (χ3v) is 8.77. The van der Waals surface area contributed by atoms with E-state index in [1.165, 1.54) is 11.3 Å². The second kappa shape index (κ2) is 10.3. The molecule has 8 heteroatoms. The Morgan fingerprint density at radius 3 is 2.67 bits per heavy atom. The summed E-state index contributed by atoms with van der Waals surface area (Å²) < 4.78 is 32.0. The molecule has 1 fully saturated rings. The molecule has 1 atom stereocenters. The van der Waals surface area contributed by atoms with E-state index in [1.807, 2.05) is 12.1 Å². The van der Waals surface area contributed by atoms with Gasteiger partial charge in [0.25, 0.3) is 0 Å². The predicted molar refractivity (Wildman–Crippen MR) is 133 cm³/mol. The van der Waals surface area contributed by atoms with E-state index in [4.69, 9.17) is 9.72 Å². The maximum absolute atomic E-state index is 13.3. The van der Waals surface area contributed by atoms with Crippen molar-refractivity contribution in [1.82, 2.24) is 4.98 Å². The number of carbonyl (C=O) groups is 1. The second-order valence-corrected chi connectivity index (χ2v) is 11.8. The van der Waals surface area contributed by atoms with Crippen LogP contribution >= 0.6 is 11.3 Å². The first-order chi connectivity index (χ1) is 15.8. The highest BCUT2D eigenvalue weighted by Gasteiger charge is 2.27. The molecule has 1 saturated heterocycles. The average Bonchev–Trinajstić information content (AvgIpc) is 3.47. The maximum atomic E-state index is 13.3. The molecule has 0 bridgehead atoms. The van der Waals surface area contributed by atoms with Crippen molar-refractivity contribution >= 4 is 42.4 Å². The third-order valence-electron chi connectivity index (χ3n) is 5.91. The molecule has 1 aliphatic heterocycles. The highest BCUT2D eigenvalue weighted by atomic mass is 32.2. The summed E-state index contributed by atoms with van der Waals surface area (Å²) in [6, 6.07) is 14.5. The lowest BCUT2D eigenvalue weighted by Gasteiger charge is -2.23. The van der Waals surface area contributed by atoms with E-state index in [1.54, 1.807) is 35.2 Å². The van der Waals surface area contributed by atoms with Crippen LogP contribution in [0.25, 0.3) is 10.2 Å². The molecule has 4 rings (SSSR count). The van der Waals surface area contributed by atoms with Gasteiger partial charge in [0.2, 0.25) is 5.91 Å². The molecule has 1 amide bonds. The molecule has 176 valence electrons. The van der Waals surface area contributed by atoms with E-state index in [-0.39, 0.29) is 30.6 Å². The lowest BCUT2D eigenvalue weighted by Crippen LogP contribution is -2.37. The highest BCUT2D eigenvalue weighted by molar-refractivity contribution is 7.91. The Balaban J connectivity index is 1.52. The fourth-order valence-corrected chi connectivity index (χ4v) is 6.47. The molecule has 0 N–H and O–H groups in total. The summed E-state index contributed by atoms with van der Waals surface area (Å²) in [5.41, 5.74) is 2.10. The Morgan fingerprint density at radius 2 is 1.97 bits per heavy atom. The first kappa shape index (κ1) is 23.9. The first-order valence-corrected chi connectivity index (χ1v) is 13.9. The molecule has 1 aliphatic rings.